The van der Waals surface area contributed by atoms with Crippen molar-refractivity contribution in [2.24, 2.45) is 0 Å². The maximum absolute atomic E-state index is 8.74. The summed E-state index contributed by atoms with van der Waals surface area (Å²) < 4.78 is 31.6. The van der Waals surface area contributed by atoms with Gasteiger partial charge in [-0.15, -0.1) is 0 Å². The molecule has 0 aliphatic carbocycles. The zero-order valence-corrected chi connectivity index (χ0v) is 16.5. The topological polar surface area (TPSA) is 74.6 Å². The molecule has 0 aliphatic rings. The molecule has 0 fully saturated rings. The van der Waals surface area contributed by atoms with E-state index in [1.165, 1.54) is 22.3 Å². The van der Waals surface area contributed by atoms with Crippen molar-refractivity contribution in [3.63, 3.8) is 0 Å². The number of hydrogen-bond donors (Lipinski definition) is 2. The first-order valence-electron chi connectivity index (χ1n) is 8.84. The Bertz CT molecular complexity index is 899. The van der Waals surface area contributed by atoms with Gasteiger partial charge >= 0.3 is 40.0 Å². The van der Waals surface area contributed by atoms with Crippen molar-refractivity contribution in [1.82, 2.24) is 0 Å². The van der Waals surface area contributed by atoms with Gasteiger partial charge in [0.25, 0.3) is 0 Å². The molecule has 0 atom stereocenters. The third-order valence-electron chi connectivity index (χ3n) is 3.76. The first-order valence-corrected chi connectivity index (χ1v) is 10.2. The molecule has 0 spiro atoms. The van der Waals surface area contributed by atoms with Crippen LogP contribution in [0.5, 0.6) is 0 Å². The van der Waals surface area contributed by atoms with E-state index in [4.69, 9.17) is 17.5 Å². The standard InChI is InChI=1S/2C12H10.Na.H2O4S.H/c2*1-3-7-11(8-4-1)12-9-5-2-6-10-12;;1-5(2,3)4;/h2*1-10H;;(H2,1,2,3,4);. The minimum absolute atomic E-state index is 0. The number of rotatable bonds is 2. The molecular weight excluding hydrogens is 407 g/mol. The quantitative estimate of drug-likeness (QED) is 0.330. The van der Waals surface area contributed by atoms with Gasteiger partial charge in [0.05, 0.1) is 0 Å². The minimum Gasteiger partial charge on any atom is -0.0622 e. The fourth-order valence-electron chi connectivity index (χ4n) is 2.52. The average Bonchev–Trinajstić information content (AvgIpc) is 2.76. The molecule has 0 bridgehead atoms. The monoisotopic (exact) mass is 430 g/mol. The van der Waals surface area contributed by atoms with Crippen LogP contribution in [0.15, 0.2) is 121 Å². The summed E-state index contributed by atoms with van der Waals surface area (Å²) in [5.74, 6) is 0. The Kier molecular flexibility index (Phi) is 11.9. The van der Waals surface area contributed by atoms with E-state index in [0.29, 0.717) is 0 Å². The Morgan fingerprint density at radius 1 is 0.400 bits per heavy atom. The minimum atomic E-state index is -4.67. The van der Waals surface area contributed by atoms with Crippen LogP contribution in [0.25, 0.3) is 22.3 Å². The molecular formula is C24H23NaO4S. The predicted molar refractivity (Wildman–Crippen MR) is 125 cm³/mol. The Balaban J connectivity index is 0.000000241. The normalized spacial score (nSPS) is 9.67. The van der Waals surface area contributed by atoms with Crippen molar-refractivity contribution in [3.05, 3.63) is 121 Å². The van der Waals surface area contributed by atoms with Crippen molar-refractivity contribution in [3.8, 4) is 22.3 Å². The molecule has 4 rings (SSSR count). The van der Waals surface area contributed by atoms with Crippen LogP contribution in [-0.2, 0) is 10.4 Å². The fraction of sp³-hybridized carbons (Fsp3) is 0. The van der Waals surface area contributed by atoms with Crippen molar-refractivity contribution >= 4 is 40.0 Å². The molecule has 0 radical (unpaired) electrons. The van der Waals surface area contributed by atoms with Crippen molar-refractivity contribution in [2.75, 3.05) is 0 Å². The third-order valence-corrected chi connectivity index (χ3v) is 3.76. The van der Waals surface area contributed by atoms with Crippen LogP contribution in [0.4, 0.5) is 0 Å². The molecule has 4 aromatic rings. The van der Waals surface area contributed by atoms with E-state index in [1.54, 1.807) is 0 Å². The first-order chi connectivity index (χ1) is 13.9. The van der Waals surface area contributed by atoms with Gasteiger partial charge in [-0.1, -0.05) is 121 Å². The van der Waals surface area contributed by atoms with Gasteiger partial charge in [0.2, 0.25) is 0 Å². The largest absolute Gasteiger partial charge is 0.0622 e. The Morgan fingerprint density at radius 2 is 0.533 bits per heavy atom. The van der Waals surface area contributed by atoms with Gasteiger partial charge in [0.1, 0.15) is 0 Å². The maximum Gasteiger partial charge on any atom is -0.0184 e. The average molecular weight is 431 g/mol. The van der Waals surface area contributed by atoms with E-state index >= 15 is 0 Å². The van der Waals surface area contributed by atoms with Gasteiger partial charge in [-0.3, -0.25) is 9.11 Å². The molecule has 2 N–H and O–H groups in total. The summed E-state index contributed by atoms with van der Waals surface area (Å²) in [4.78, 5) is 0. The summed E-state index contributed by atoms with van der Waals surface area (Å²) in [5.41, 5.74) is 5.10. The zero-order chi connectivity index (χ0) is 21.0. The summed E-state index contributed by atoms with van der Waals surface area (Å²) in [6.45, 7) is 0. The molecule has 0 aromatic heterocycles. The van der Waals surface area contributed by atoms with Crippen LogP contribution in [0.2, 0.25) is 0 Å². The molecule has 0 saturated carbocycles. The molecule has 6 heteroatoms. The summed E-state index contributed by atoms with van der Waals surface area (Å²) in [6.07, 6.45) is 0. The van der Waals surface area contributed by atoms with Crippen molar-refractivity contribution in [1.29, 1.82) is 0 Å². The summed E-state index contributed by atoms with van der Waals surface area (Å²) in [7, 11) is -4.67. The first kappa shape index (κ1) is 25.8. The van der Waals surface area contributed by atoms with E-state index < -0.39 is 10.4 Å². The summed E-state index contributed by atoms with van der Waals surface area (Å²) in [6, 6.07) is 41.6. The molecule has 0 saturated heterocycles. The van der Waals surface area contributed by atoms with Crippen LogP contribution in [0, 0.1) is 0 Å². The van der Waals surface area contributed by atoms with Gasteiger partial charge < -0.3 is 0 Å². The second kappa shape index (κ2) is 13.9. The Labute approximate surface area is 200 Å². The maximum atomic E-state index is 8.74. The molecule has 4 aromatic carbocycles. The molecule has 0 heterocycles. The van der Waals surface area contributed by atoms with E-state index in [1.807, 2.05) is 24.3 Å². The molecule has 0 unspecified atom stereocenters. The van der Waals surface area contributed by atoms with E-state index in [9.17, 15) is 0 Å². The predicted octanol–water partition coefficient (Wildman–Crippen LogP) is 5.41. The van der Waals surface area contributed by atoms with Crippen LogP contribution in [0.3, 0.4) is 0 Å². The van der Waals surface area contributed by atoms with Gasteiger partial charge in [-0.2, -0.15) is 8.42 Å². The SMILES string of the molecule is O=S(=O)(O)O.[NaH].c1ccc(-c2ccccc2)cc1.c1ccc(-c2ccccc2)cc1. The molecule has 4 nitrogen and oxygen atoms in total. The summed E-state index contributed by atoms with van der Waals surface area (Å²) in [5, 5.41) is 0. The Morgan fingerprint density at radius 3 is 0.667 bits per heavy atom. The molecule has 0 aliphatic heterocycles. The second-order valence-corrected chi connectivity index (χ2v) is 6.81. The smallest absolute Gasteiger partial charge is 0.0184 e. The Hall–Kier alpha value is -2.25. The second-order valence-electron chi connectivity index (χ2n) is 5.91. The zero-order valence-electron chi connectivity index (χ0n) is 15.7. The van der Waals surface area contributed by atoms with Crippen molar-refractivity contribution < 1.29 is 17.5 Å². The van der Waals surface area contributed by atoms with Gasteiger partial charge in [-0.05, 0) is 22.3 Å². The van der Waals surface area contributed by atoms with Gasteiger partial charge in [0, 0.05) is 0 Å². The number of benzene rings is 4. The third kappa shape index (κ3) is 11.1. The van der Waals surface area contributed by atoms with Crippen molar-refractivity contribution in [2.45, 2.75) is 0 Å². The van der Waals surface area contributed by atoms with Crippen LogP contribution < -0.4 is 0 Å². The van der Waals surface area contributed by atoms with E-state index in [0.717, 1.165) is 0 Å². The van der Waals surface area contributed by atoms with Crippen LogP contribution >= 0.6 is 0 Å². The van der Waals surface area contributed by atoms with E-state index in [2.05, 4.69) is 97.1 Å². The fourth-order valence-corrected chi connectivity index (χ4v) is 2.52. The summed E-state index contributed by atoms with van der Waals surface area (Å²) >= 11 is 0. The number of hydrogen-bond acceptors (Lipinski definition) is 2. The van der Waals surface area contributed by atoms with Gasteiger partial charge in [0.15, 0.2) is 0 Å². The molecule has 30 heavy (non-hydrogen) atoms. The van der Waals surface area contributed by atoms with Crippen LogP contribution in [-0.4, -0.2) is 47.1 Å². The van der Waals surface area contributed by atoms with Gasteiger partial charge in [-0.25, -0.2) is 0 Å². The van der Waals surface area contributed by atoms with E-state index in [-0.39, 0.29) is 29.6 Å². The molecule has 150 valence electrons. The molecule has 0 amide bonds. The van der Waals surface area contributed by atoms with Crippen LogP contribution in [0.1, 0.15) is 0 Å².